The van der Waals surface area contributed by atoms with Gasteiger partial charge in [0, 0.05) is 12.2 Å². The second-order valence-electron chi connectivity index (χ2n) is 3.04. The number of hydrogen-bond acceptors (Lipinski definition) is 3. The van der Waals surface area contributed by atoms with Gasteiger partial charge >= 0.3 is 11.9 Å². The number of ether oxygens (including phenoxy) is 1. The summed E-state index contributed by atoms with van der Waals surface area (Å²) in [6.07, 6.45) is 3.43. The Kier molecular flexibility index (Phi) is 8.55. The van der Waals surface area contributed by atoms with Crippen LogP contribution in [0.25, 0.3) is 6.08 Å². The Morgan fingerprint density at radius 1 is 1.28 bits per heavy atom. The molecule has 0 bridgehead atoms. The molecular formula is C14H16O4. The minimum absolute atomic E-state index is 0.253. The average molecular weight is 248 g/mol. The molecule has 0 atom stereocenters. The Labute approximate surface area is 106 Å². The van der Waals surface area contributed by atoms with E-state index in [1.165, 1.54) is 5.56 Å². The lowest BCUT2D eigenvalue weighted by molar-refractivity contribution is -0.138. The standard InChI is InChI=1S/C8H8.C6H8O4/c1-2-8-6-4-3-5-7-8;1-2-10-6(9)4-3-5(7)8/h2-7H,1H2;3-4H,2H2,1H3,(H,7,8)/b;4-3-. The zero-order valence-corrected chi connectivity index (χ0v) is 10.2. The fourth-order valence-corrected chi connectivity index (χ4v) is 0.919. The molecule has 1 N–H and O–H groups in total. The van der Waals surface area contributed by atoms with E-state index in [2.05, 4.69) is 11.3 Å². The van der Waals surface area contributed by atoms with Gasteiger partial charge in [0.05, 0.1) is 6.61 Å². The number of aliphatic carboxylic acids is 1. The van der Waals surface area contributed by atoms with Crippen LogP contribution in [0.4, 0.5) is 0 Å². The molecule has 1 rings (SSSR count). The Balaban J connectivity index is 0.000000327. The van der Waals surface area contributed by atoms with E-state index >= 15 is 0 Å². The van der Waals surface area contributed by atoms with Crippen LogP contribution in [0.2, 0.25) is 0 Å². The van der Waals surface area contributed by atoms with Crippen molar-refractivity contribution in [1.29, 1.82) is 0 Å². The Bertz CT molecular complexity index is 407. The quantitative estimate of drug-likeness (QED) is 0.657. The van der Waals surface area contributed by atoms with Crippen LogP contribution in [0.5, 0.6) is 0 Å². The van der Waals surface area contributed by atoms with E-state index in [1.807, 2.05) is 36.4 Å². The summed E-state index contributed by atoms with van der Waals surface area (Å²) >= 11 is 0. The van der Waals surface area contributed by atoms with Crippen LogP contribution in [-0.2, 0) is 14.3 Å². The fourth-order valence-electron chi connectivity index (χ4n) is 0.919. The number of carboxylic acid groups (broad SMARTS) is 1. The minimum atomic E-state index is -1.16. The summed E-state index contributed by atoms with van der Waals surface area (Å²) in [6, 6.07) is 10.0. The van der Waals surface area contributed by atoms with E-state index in [-0.39, 0.29) is 6.61 Å². The molecule has 18 heavy (non-hydrogen) atoms. The summed E-state index contributed by atoms with van der Waals surface area (Å²) in [7, 11) is 0. The van der Waals surface area contributed by atoms with Gasteiger partial charge in [-0.1, -0.05) is 43.0 Å². The van der Waals surface area contributed by atoms with Crippen LogP contribution in [0.1, 0.15) is 12.5 Å². The van der Waals surface area contributed by atoms with Gasteiger partial charge in [-0.2, -0.15) is 0 Å². The second kappa shape index (κ2) is 9.84. The highest BCUT2D eigenvalue weighted by molar-refractivity contribution is 5.90. The smallest absolute Gasteiger partial charge is 0.330 e. The molecule has 1 aromatic rings. The van der Waals surface area contributed by atoms with Crippen molar-refractivity contribution in [2.24, 2.45) is 0 Å². The third kappa shape index (κ3) is 8.91. The number of rotatable bonds is 4. The van der Waals surface area contributed by atoms with Crippen molar-refractivity contribution in [2.75, 3.05) is 6.61 Å². The van der Waals surface area contributed by atoms with Crippen molar-refractivity contribution in [3.63, 3.8) is 0 Å². The fraction of sp³-hybridized carbons (Fsp3) is 0.143. The topological polar surface area (TPSA) is 63.6 Å². The van der Waals surface area contributed by atoms with Crippen LogP contribution < -0.4 is 0 Å². The van der Waals surface area contributed by atoms with Gasteiger partial charge in [0.2, 0.25) is 0 Å². The van der Waals surface area contributed by atoms with E-state index in [0.717, 1.165) is 12.2 Å². The molecule has 0 aliphatic carbocycles. The van der Waals surface area contributed by atoms with Gasteiger partial charge in [-0.3, -0.25) is 0 Å². The number of carbonyl (C=O) groups is 2. The van der Waals surface area contributed by atoms with Crippen molar-refractivity contribution in [1.82, 2.24) is 0 Å². The average Bonchev–Trinajstić information content (AvgIpc) is 2.38. The molecule has 0 spiro atoms. The molecule has 0 radical (unpaired) electrons. The maximum absolute atomic E-state index is 10.4. The van der Waals surface area contributed by atoms with Gasteiger partial charge in [0.15, 0.2) is 0 Å². The number of carboxylic acids is 1. The molecule has 0 aliphatic rings. The maximum Gasteiger partial charge on any atom is 0.330 e. The molecule has 0 saturated carbocycles. The lowest BCUT2D eigenvalue weighted by Crippen LogP contribution is -2.00. The van der Waals surface area contributed by atoms with Crippen molar-refractivity contribution >= 4 is 18.0 Å². The van der Waals surface area contributed by atoms with E-state index < -0.39 is 11.9 Å². The van der Waals surface area contributed by atoms with Gasteiger partial charge in [0.25, 0.3) is 0 Å². The normalized spacial score (nSPS) is 9.17. The maximum atomic E-state index is 10.4. The molecule has 96 valence electrons. The zero-order valence-electron chi connectivity index (χ0n) is 10.2. The van der Waals surface area contributed by atoms with Gasteiger partial charge in [-0.05, 0) is 12.5 Å². The molecule has 0 heterocycles. The highest BCUT2D eigenvalue weighted by Gasteiger charge is 1.94. The number of hydrogen-bond donors (Lipinski definition) is 1. The molecule has 0 amide bonds. The first kappa shape index (κ1) is 15.6. The predicted octanol–water partition coefficient (Wildman–Crippen LogP) is 2.52. The van der Waals surface area contributed by atoms with Crippen LogP contribution in [0.15, 0.2) is 49.1 Å². The summed E-state index contributed by atoms with van der Waals surface area (Å²) in [5.41, 5.74) is 1.17. The first-order chi connectivity index (χ1) is 8.60. The van der Waals surface area contributed by atoms with Crippen molar-refractivity contribution in [3.8, 4) is 0 Å². The Morgan fingerprint density at radius 2 is 1.89 bits per heavy atom. The third-order valence-electron chi connectivity index (χ3n) is 1.68. The van der Waals surface area contributed by atoms with E-state index in [1.54, 1.807) is 6.92 Å². The van der Waals surface area contributed by atoms with Gasteiger partial charge in [0.1, 0.15) is 0 Å². The van der Waals surface area contributed by atoms with Crippen molar-refractivity contribution < 1.29 is 19.4 Å². The Morgan fingerprint density at radius 3 is 2.28 bits per heavy atom. The van der Waals surface area contributed by atoms with Crippen molar-refractivity contribution in [2.45, 2.75) is 6.92 Å². The molecule has 4 heteroatoms. The van der Waals surface area contributed by atoms with Gasteiger partial charge in [-0.15, -0.1) is 0 Å². The molecule has 1 aromatic carbocycles. The van der Waals surface area contributed by atoms with Gasteiger partial charge < -0.3 is 9.84 Å². The minimum Gasteiger partial charge on any atom is -0.478 e. The summed E-state index contributed by atoms with van der Waals surface area (Å²) in [5, 5.41) is 8.04. The molecule has 4 nitrogen and oxygen atoms in total. The van der Waals surface area contributed by atoms with E-state index in [9.17, 15) is 9.59 Å². The highest BCUT2D eigenvalue weighted by Crippen LogP contribution is 1.97. The van der Waals surface area contributed by atoms with Crippen molar-refractivity contribution in [3.05, 3.63) is 54.6 Å². The van der Waals surface area contributed by atoms with Crippen LogP contribution in [0, 0.1) is 0 Å². The SMILES string of the molecule is C=Cc1ccccc1.CCOC(=O)/C=C\C(=O)O. The van der Waals surface area contributed by atoms with E-state index in [0.29, 0.717) is 0 Å². The summed E-state index contributed by atoms with van der Waals surface area (Å²) < 4.78 is 4.40. The predicted molar refractivity (Wildman–Crippen MR) is 69.9 cm³/mol. The molecule has 0 fully saturated rings. The molecular weight excluding hydrogens is 232 g/mol. The number of esters is 1. The molecule has 0 unspecified atom stereocenters. The molecule has 0 aliphatic heterocycles. The Hall–Kier alpha value is -2.36. The van der Waals surface area contributed by atoms with Crippen LogP contribution in [0.3, 0.4) is 0 Å². The summed E-state index contributed by atoms with van der Waals surface area (Å²) in [6.45, 7) is 5.53. The second-order valence-corrected chi connectivity index (χ2v) is 3.04. The lowest BCUT2D eigenvalue weighted by Gasteiger charge is -1.92. The van der Waals surface area contributed by atoms with Crippen LogP contribution in [-0.4, -0.2) is 23.7 Å². The highest BCUT2D eigenvalue weighted by atomic mass is 16.5. The molecule has 0 saturated heterocycles. The van der Waals surface area contributed by atoms with E-state index in [4.69, 9.17) is 5.11 Å². The number of carbonyl (C=O) groups excluding carboxylic acids is 1. The lowest BCUT2D eigenvalue weighted by atomic mass is 10.2. The van der Waals surface area contributed by atoms with Gasteiger partial charge in [-0.25, -0.2) is 9.59 Å². The number of benzene rings is 1. The third-order valence-corrected chi connectivity index (χ3v) is 1.68. The summed E-state index contributed by atoms with van der Waals surface area (Å²) in [5.74, 6) is -1.79. The van der Waals surface area contributed by atoms with Crippen LogP contribution >= 0.6 is 0 Å². The first-order valence-electron chi connectivity index (χ1n) is 5.35. The molecule has 0 aromatic heterocycles. The zero-order chi connectivity index (χ0) is 13.8. The first-order valence-corrected chi connectivity index (χ1v) is 5.35. The monoisotopic (exact) mass is 248 g/mol. The largest absolute Gasteiger partial charge is 0.478 e. The summed E-state index contributed by atoms with van der Waals surface area (Å²) in [4.78, 5) is 20.2.